The summed E-state index contributed by atoms with van der Waals surface area (Å²) in [5.41, 5.74) is 5.49. The highest BCUT2D eigenvalue weighted by Crippen LogP contribution is 2.31. The minimum Gasteiger partial charge on any atom is -0.354 e. The minimum atomic E-state index is -0.434. The van der Waals surface area contributed by atoms with E-state index in [2.05, 4.69) is 19.2 Å². The maximum Gasteiger partial charge on any atom is 0.230 e. The maximum atomic E-state index is 12.8. The highest BCUT2D eigenvalue weighted by atomic mass is 16.2. The molecule has 5 nitrogen and oxygen atoms in total. The normalized spacial score (nSPS) is 17.0. The molecular weight excluding hydrogens is 242 g/mol. The second-order valence-electron chi connectivity index (χ2n) is 5.38. The molecule has 19 heavy (non-hydrogen) atoms. The van der Waals surface area contributed by atoms with Crippen LogP contribution in [0, 0.1) is 5.41 Å². The van der Waals surface area contributed by atoms with E-state index in [0.717, 1.165) is 25.7 Å². The number of nitrogens with two attached hydrogens (primary N) is 1. The van der Waals surface area contributed by atoms with Gasteiger partial charge in [-0.05, 0) is 12.8 Å². The molecule has 0 aromatic heterocycles. The second-order valence-corrected chi connectivity index (χ2v) is 5.38. The number of rotatable bonds is 6. The summed E-state index contributed by atoms with van der Waals surface area (Å²) in [6, 6.07) is 0. The average Bonchev–Trinajstić information content (AvgIpc) is 2.62. The molecule has 1 aliphatic heterocycles. The number of hydrogen-bond acceptors (Lipinski definition) is 3. The zero-order valence-electron chi connectivity index (χ0n) is 12.2. The van der Waals surface area contributed by atoms with Gasteiger partial charge in [-0.1, -0.05) is 26.7 Å². The lowest BCUT2D eigenvalue weighted by molar-refractivity contribution is -0.142. The first-order valence-electron chi connectivity index (χ1n) is 7.35. The van der Waals surface area contributed by atoms with Crippen LogP contribution in [0.15, 0.2) is 0 Å². The summed E-state index contributed by atoms with van der Waals surface area (Å²) in [5.74, 6) is 0.162. The molecule has 5 heteroatoms. The van der Waals surface area contributed by atoms with Crippen molar-refractivity contribution in [3.63, 3.8) is 0 Å². The third-order valence-corrected chi connectivity index (χ3v) is 3.90. The van der Waals surface area contributed by atoms with E-state index in [-0.39, 0.29) is 11.8 Å². The van der Waals surface area contributed by atoms with Crippen LogP contribution in [-0.4, -0.2) is 42.9 Å². The Labute approximate surface area is 115 Å². The van der Waals surface area contributed by atoms with E-state index in [1.165, 1.54) is 0 Å². The van der Waals surface area contributed by atoms with Gasteiger partial charge in [0.05, 0.1) is 5.41 Å². The molecule has 0 unspecified atom stereocenters. The molecule has 110 valence electrons. The standard InChI is InChI=1S/C14H27N3O2/c1-3-6-14(11-15,7-4-2)13(19)17-9-5-12(18)16-8-10-17/h3-11,15H2,1-2H3,(H,16,18). The molecule has 1 saturated heterocycles. The first kappa shape index (κ1) is 16.0. The average molecular weight is 269 g/mol. The molecule has 0 bridgehead atoms. The fourth-order valence-corrected chi connectivity index (χ4v) is 2.89. The van der Waals surface area contributed by atoms with E-state index in [9.17, 15) is 9.59 Å². The van der Waals surface area contributed by atoms with Gasteiger partial charge < -0.3 is 16.0 Å². The summed E-state index contributed by atoms with van der Waals surface area (Å²) in [6.45, 7) is 6.22. The summed E-state index contributed by atoms with van der Waals surface area (Å²) in [6.07, 6.45) is 3.95. The molecule has 0 aliphatic carbocycles. The lowest BCUT2D eigenvalue weighted by atomic mass is 9.78. The van der Waals surface area contributed by atoms with Crippen molar-refractivity contribution < 1.29 is 9.59 Å². The van der Waals surface area contributed by atoms with Crippen LogP contribution in [0.4, 0.5) is 0 Å². The fourth-order valence-electron chi connectivity index (χ4n) is 2.89. The van der Waals surface area contributed by atoms with E-state index in [4.69, 9.17) is 5.73 Å². The maximum absolute atomic E-state index is 12.8. The summed E-state index contributed by atoms with van der Waals surface area (Å²) in [5, 5.41) is 2.80. The third kappa shape index (κ3) is 3.93. The van der Waals surface area contributed by atoms with E-state index >= 15 is 0 Å². The van der Waals surface area contributed by atoms with Gasteiger partial charge in [0.1, 0.15) is 0 Å². The molecule has 2 amide bonds. The number of nitrogens with zero attached hydrogens (tertiary/aromatic N) is 1. The van der Waals surface area contributed by atoms with Crippen LogP contribution in [0.3, 0.4) is 0 Å². The largest absolute Gasteiger partial charge is 0.354 e. The Kier molecular flexibility index (Phi) is 6.28. The van der Waals surface area contributed by atoms with Crippen molar-refractivity contribution in [2.75, 3.05) is 26.2 Å². The monoisotopic (exact) mass is 269 g/mol. The third-order valence-electron chi connectivity index (χ3n) is 3.90. The molecule has 1 heterocycles. The Balaban J connectivity index is 2.82. The Morgan fingerprint density at radius 3 is 2.47 bits per heavy atom. The quantitative estimate of drug-likeness (QED) is 0.751. The van der Waals surface area contributed by atoms with Crippen LogP contribution in [0.1, 0.15) is 46.0 Å². The Morgan fingerprint density at radius 2 is 1.95 bits per heavy atom. The second kappa shape index (κ2) is 7.48. The van der Waals surface area contributed by atoms with Crippen LogP contribution >= 0.6 is 0 Å². The van der Waals surface area contributed by atoms with Crippen molar-refractivity contribution >= 4 is 11.8 Å². The highest BCUT2D eigenvalue weighted by molar-refractivity contribution is 5.84. The van der Waals surface area contributed by atoms with Crippen molar-refractivity contribution in [3.8, 4) is 0 Å². The summed E-state index contributed by atoms with van der Waals surface area (Å²) in [7, 11) is 0. The minimum absolute atomic E-state index is 0.0274. The Morgan fingerprint density at radius 1 is 1.32 bits per heavy atom. The van der Waals surface area contributed by atoms with Gasteiger partial charge >= 0.3 is 0 Å². The van der Waals surface area contributed by atoms with E-state index in [1.54, 1.807) is 0 Å². The number of nitrogens with one attached hydrogen (secondary N) is 1. The number of carbonyl (C=O) groups excluding carboxylic acids is 2. The zero-order valence-corrected chi connectivity index (χ0v) is 12.2. The van der Waals surface area contributed by atoms with Crippen LogP contribution in [0.5, 0.6) is 0 Å². The van der Waals surface area contributed by atoms with Crippen molar-refractivity contribution in [2.24, 2.45) is 11.1 Å². The Hall–Kier alpha value is -1.10. The summed E-state index contributed by atoms with van der Waals surface area (Å²) >= 11 is 0. The van der Waals surface area contributed by atoms with Crippen LogP contribution < -0.4 is 11.1 Å². The summed E-state index contributed by atoms with van der Waals surface area (Å²) in [4.78, 5) is 26.0. The van der Waals surface area contributed by atoms with Crippen molar-refractivity contribution in [2.45, 2.75) is 46.0 Å². The number of carbonyl (C=O) groups is 2. The predicted octanol–water partition coefficient (Wildman–Crippen LogP) is 0.880. The molecule has 0 atom stereocenters. The molecule has 0 saturated carbocycles. The highest BCUT2D eigenvalue weighted by Gasteiger charge is 2.38. The van der Waals surface area contributed by atoms with Crippen LogP contribution in [-0.2, 0) is 9.59 Å². The van der Waals surface area contributed by atoms with Crippen LogP contribution in [0.25, 0.3) is 0 Å². The van der Waals surface area contributed by atoms with Crippen LogP contribution in [0.2, 0.25) is 0 Å². The summed E-state index contributed by atoms with van der Waals surface area (Å²) < 4.78 is 0. The molecule has 0 aromatic rings. The molecule has 1 fully saturated rings. The van der Waals surface area contributed by atoms with E-state index in [0.29, 0.717) is 32.6 Å². The fraction of sp³-hybridized carbons (Fsp3) is 0.857. The molecule has 3 N–H and O–H groups in total. The molecule has 0 radical (unpaired) electrons. The van der Waals surface area contributed by atoms with Gasteiger partial charge in [-0.25, -0.2) is 0 Å². The van der Waals surface area contributed by atoms with Gasteiger partial charge in [0, 0.05) is 32.6 Å². The topological polar surface area (TPSA) is 75.4 Å². The van der Waals surface area contributed by atoms with Crippen molar-refractivity contribution in [3.05, 3.63) is 0 Å². The van der Waals surface area contributed by atoms with Gasteiger partial charge in [-0.3, -0.25) is 9.59 Å². The molecule has 0 aromatic carbocycles. The molecule has 1 rings (SSSR count). The van der Waals surface area contributed by atoms with E-state index < -0.39 is 5.41 Å². The first-order chi connectivity index (χ1) is 9.09. The number of hydrogen-bond donors (Lipinski definition) is 2. The predicted molar refractivity (Wildman–Crippen MR) is 75.5 cm³/mol. The Bertz CT molecular complexity index is 312. The lowest BCUT2D eigenvalue weighted by Crippen LogP contribution is -2.49. The SMILES string of the molecule is CCCC(CN)(CCC)C(=O)N1CCNC(=O)CC1. The first-order valence-corrected chi connectivity index (χ1v) is 7.35. The van der Waals surface area contributed by atoms with Gasteiger partial charge in [-0.15, -0.1) is 0 Å². The zero-order chi connectivity index (χ0) is 14.3. The molecule has 1 aliphatic rings. The van der Waals surface area contributed by atoms with Gasteiger partial charge in [0.2, 0.25) is 11.8 Å². The van der Waals surface area contributed by atoms with Gasteiger partial charge in [0.15, 0.2) is 0 Å². The smallest absolute Gasteiger partial charge is 0.230 e. The molecular formula is C14H27N3O2. The molecule has 0 spiro atoms. The van der Waals surface area contributed by atoms with Crippen molar-refractivity contribution in [1.29, 1.82) is 0 Å². The van der Waals surface area contributed by atoms with Crippen molar-refractivity contribution in [1.82, 2.24) is 10.2 Å². The van der Waals surface area contributed by atoms with Gasteiger partial charge in [0.25, 0.3) is 0 Å². The van der Waals surface area contributed by atoms with E-state index in [1.807, 2.05) is 4.90 Å². The lowest BCUT2D eigenvalue weighted by Gasteiger charge is -2.36. The number of amides is 2. The van der Waals surface area contributed by atoms with Gasteiger partial charge in [-0.2, -0.15) is 0 Å².